The van der Waals surface area contributed by atoms with Crippen LogP contribution in [0.1, 0.15) is 34.2 Å². The van der Waals surface area contributed by atoms with Crippen molar-refractivity contribution in [2.45, 2.75) is 33.4 Å². The molecule has 3 aromatic rings. The van der Waals surface area contributed by atoms with Gasteiger partial charge in [0.1, 0.15) is 12.4 Å². The summed E-state index contributed by atoms with van der Waals surface area (Å²) in [7, 11) is 0. The monoisotopic (exact) mass is 363 g/mol. The van der Waals surface area contributed by atoms with Gasteiger partial charge in [-0.15, -0.1) is 0 Å². The first-order valence-corrected chi connectivity index (χ1v) is 9.10. The second-order valence-electron chi connectivity index (χ2n) is 6.78. The van der Waals surface area contributed by atoms with Crippen LogP contribution >= 0.6 is 0 Å². The first-order chi connectivity index (χ1) is 13.0. The molecule has 0 saturated carbocycles. The van der Waals surface area contributed by atoms with Gasteiger partial charge < -0.3 is 10.1 Å². The Labute approximate surface area is 160 Å². The average molecular weight is 363 g/mol. The first kappa shape index (κ1) is 18.7. The van der Waals surface area contributed by atoms with E-state index in [-0.39, 0.29) is 11.9 Å². The highest BCUT2D eigenvalue weighted by molar-refractivity contribution is 5.94. The fourth-order valence-corrected chi connectivity index (χ4v) is 2.86. The van der Waals surface area contributed by atoms with Crippen LogP contribution in [0.2, 0.25) is 0 Å². The normalized spacial score (nSPS) is 11.8. The van der Waals surface area contributed by atoms with Crippen molar-refractivity contribution in [3.63, 3.8) is 0 Å². The summed E-state index contributed by atoms with van der Waals surface area (Å²) in [5, 5.41) is 7.44. The summed E-state index contributed by atoms with van der Waals surface area (Å²) in [6.45, 7) is 7.08. The number of carbonyl (C=O) groups excluding carboxylic acids is 1. The largest absolute Gasteiger partial charge is 0.491 e. The van der Waals surface area contributed by atoms with E-state index < -0.39 is 0 Å². The zero-order valence-corrected chi connectivity index (χ0v) is 16.0. The number of aromatic nitrogens is 2. The Morgan fingerprint density at radius 3 is 2.44 bits per heavy atom. The van der Waals surface area contributed by atoms with E-state index in [1.165, 1.54) is 0 Å². The summed E-state index contributed by atoms with van der Waals surface area (Å²) in [5.41, 5.74) is 3.88. The molecule has 1 atom stereocenters. The van der Waals surface area contributed by atoms with Gasteiger partial charge in [0, 0.05) is 11.3 Å². The van der Waals surface area contributed by atoms with E-state index in [0.29, 0.717) is 18.7 Å². The number of benzene rings is 2. The maximum atomic E-state index is 12.4. The molecule has 1 N–H and O–H groups in total. The molecule has 2 aromatic carbocycles. The van der Waals surface area contributed by atoms with Crippen molar-refractivity contribution < 1.29 is 9.53 Å². The zero-order chi connectivity index (χ0) is 19.2. The molecule has 1 aromatic heterocycles. The zero-order valence-electron chi connectivity index (χ0n) is 16.0. The lowest BCUT2D eigenvalue weighted by atomic mass is 10.1. The molecule has 0 saturated heterocycles. The number of rotatable bonds is 7. The highest BCUT2D eigenvalue weighted by Gasteiger charge is 2.11. The minimum atomic E-state index is -0.100. The summed E-state index contributed by atoms with van der Waals surface area (Å²) < 4.78 is 7.64. The molecule has 0 aliphatic heterocycles. The topological polar surface area (TPSA) is 56.2 Å². The van der Waals surface area contributed by atoms with Crippen molar-refractivity contribution in [2.24, 2.45) is 0 Å². The van der Waals surface area contributed by atoms with Gasteiger partial charge in [-0.3, -0.25) is 9.48 Å². The van der Waals surface area contributed by atoms with Crippen molar-refractivity contribution in [3.05, 3.63) is 83.2 Å². The van der Waals surface area contributed by atoms with Crippen LogP contribution in [-0.4, -0.2) is 28.3 Å². The van der Waals surface area contributed by atoms with E-state index in [1.807, 2.05) is 80.1 Å². The second-order valence-corrected chi connectivity index (χ2v) is 6.78. The molecule has 0 unspecified atom stereocenters. The van der Waals surface area contributed by atoms with Gasteiger partial charge in [-0.25, -0.2) is 0 Å². The van der Waals surface area contributed by atoms with E-state index in [1.54, 1.807) is 0 Å². The van der Waals surface area contributed by atoms with Crippen LogP contribution in [0.3, 0.4) is 0 Å². The first-order valence-electron chi connectivity index (χ1n) is 9.10. The van der Waals surface area contributed by atoms with Crippen LogP contribution in [0, 0.1) is 13.8 Å². The number of hydrogen-bond acceptors (Lipinski definition) is 3. The van der Waals surface area contributed by atoms with Crippen LogP contribution in [-0.2, 0) is 6.54 Å². The number of ether oxygens (including phenoxy) is 1. The minimum Gasteiger partial charge on any atom is -0.491 e. The molecule has 0 fully saturated rings. The Morgan fingerprint density at radius 1 is 1.11 bits per heavy atom. The lowest BCUT2D eigenvalue weighted by Crippen LogP contribution is -2.36. The summed E-state index contributed by atoms with van der Waals surface area (Å²) in [6.07, 6.45) is 0. The van der Waals surface area contributed by atoms with Crippen LogP contribution in [0.4, 0.5) is 0 Å². The van der Waals surface area contributed by atoms with E-state index in [0.717, 1.165) is 22.7 Å². The van der Waals surface area contributed by atoms with Gasteiger partial charge in [0.2, 0.25) is 0 Å². The Hall–Kier alpha value is -3.08. The SMILES string of the molecule is Cc1cc(C)n(Cc2ccc(C(=O)N[C@@H](C)COc3ccccc3)cc2)n1. The predicted molar refractivity (Wildman–Crippen MR) is 106 cm³/mol. The highest BCUT2D eigenvalue weighted by atomic mass is 16.5. The van der Waals surface area contributed by atoms with Crippen molar-refractivity contribution in [1.82, 2.24) is 15.1 Å². The van der Waals surface area contributed by atoms with Gasteiger partial charge in [-0.2, -0.15) is 5.10 Å². The average Bonchev–Trinajstić information content (AvgIpc) is 2.98. The molecule has 140 valence electrons. The number of para-hydroxylation sites is 1. The quantitative estimate of drug-likeness (QED) is 0.696. The summed E-state index contributed by atoms with van der Waals surface area (Å²) in [4.78, 5) is 12.4. The summed E-state index contributed by atoms with van der Waals surface area (Å²) in [5.74, 6) is 0.698. The Kier molecular flexibility index (Phi) is 5.91. The third-order valence-electron chi connectivity index (χ3n) is 4.27. The molecule has 0 spiro atoms. The van der Waals surface area contributed by atoms with Crippen LogP contribution in [0.25, 0.3) is 0 Å². The Bertz CT molecular complexity index is 886. The van der Waals surface area contributed by atoms with E-state index in [9.17, 15) is 4.79 Å². The molecule has 0 aliphatic carbocycles. The van der Waals surface area contributed by atoms with Crippen LogP contribution in [0.15, 0.2) is 60.7 Å². The molecule has 1 amide bonds. The minimum absolute atomic E-state index is 0.0907. The van der Waals surface area contributed by atoms with Crippen molar-refractivity contribution in [1.29, 1.82) is 0 Å². The molecular weight excluding hydrogens is 338 g/mol. The van der Waals surface area contributed by atoms with Gasteiger partial charge >= 0.3 is 0 Å². The van der Waals surface area contributed by atoms with Gasteiger partial charge in [0.05, 0.1) is 18.3 Å². The van der Waals surface area contributed by atoms with Crippen molar-refractivity contribution >= 4 is 5.91 Å². The summed E-state index contributed by atoms with van der Waals surface area (Å²) >= 11 is 0. The van der Waals surface area contributed by atoms with E-state index >= 15 is 0 Å². The molecule has 5 heteroatoms. The number of nitrogens with one attached hydrogen (secondary N) is 1. The molecule has 27 heavy (non-hydrogen) atoms. The van der Waals surface area contributed by atoms with Gasteiger partial charge in [-0.1, -0.05) is 30.3 Å². The molecule has 5 nitrogen and oxygen atoms in total. The van der Waals surface area contributed by atoms with Crippen molar-refractivity contribution in [2.75, 3.05) is 6.61 Å². The maximum absolute atomic E-state index is 12.4. The maximum Gasteiger partial charge on any atom is 0.251 e. The number of nitrogens with zero attached hydrogens (tertiary/aromatic N) is 2. The number of amides is 1. The van der Waals surface area contributed by atoms with E-state index in [2.05, 4.69) is 16.5 Å². The third-order valence-corrected chi connectivity index (χ3v) is 4.27. The fourth-order valence-electron chi connectivity index (χ4n) is 2.86. The predicted octanol–water partition coefficient (Wildman–Crippen LogP) is 3.75. The number of aryl methyl sites for hydroxylation is 2. The van der Waals surface area contributed by atoms with E-state index in [4.69, 9.17) is 4.74 Å². The standard InChI is InChI=1S/C22H25N3O2/c1-16-13-18(3)25(24-16)14-19-9-11-20(12-10-19)22(26)23-17(2)15-27-21-7-5-4-6-8-21/h4-13,17H,14-15H2,1-3H3,(H,23,26)/t17-/m0/s1. The molecule has 3 rings (SSSR count). The van der Waals surface area contributed by atoms with Crippen molar-refractivity contribution in [3.8, 4) is 5.75 Å². The molecule has 0 bridgehead atoms. The highest BCUT2D eigenvalue weighted by Crippen LogP contribution is 2.11. The number of carbonyl (C=O) groups is 1. The molecule has 1 heterocycles. The summed E-state index contributed by atoms with van der Waals surface area (Å²) in [6, 6.07) is 19.2. The lowest BCUT2D eigenvalue weighted by Gasteiger charge is -2.15. The molecular formula is C22H25N3O2. The van der Waals surface area contributed by atoms with Crippen LogP contribution < -0.4 is 10.1 Å². The smallest absolute Gasteiger partial charge is 0.251 e. The van der Waals surface area contributed by atoms with Crippen LogP contribution in [0.5, 0.6) is 5.75 Å². The molecule has 0 radical (unpaired) electrons. The van der Waals surface area contributed by atoms with Gasteiger partial charge in [0.15, 0.2) is 0 Å². The fraction of sp³-hybridized carbons (Fsp3) is 0.273. The third kappa shape index (κ3) is 5.20. The Balaban J connectivity index is 1.53. The second kappa shape index (κ2) is 8.54. The molecule has 0 aliphatic rings. The van der Waals surface area contributed by atoms with Gasteiger partial charge in [-0.05, 0) is 56.7 Å². The number of hydrogen-bond donors (Lipinski definition) is 1. The van der Waals surface area contributed by atoms with Gasteiger partial charge in [0.25, 0.3) is 5.91 Å². The Morgan fingerprint density at radius 2 is 1.81 bits per heavy atom. The lowest BCUT2D eigenvalue weighted by molar-refractivity contribution is 0.0926.